The first-order chi connectivity index (χ1) is 30.2. The average Bonchev–Trinajstić information content (AvgIpc) is 3.46. The highest BCUT2D eigenvalue weighted by Crippen LogP contribution is 2.75. The second kappa shape index (κ2) is 14.6. The zero-order valence-corrected chi connectivity index (χ0v) is 34.3. The van der Waals surface area contributed by atoms with Gasteiger partial charge in [-0.1, -0.05) is 182 Å². The van der Waals surface area contributed by atoms with Crippen molar-refractivity contribution in [3.63, 3.8) is 0 Å². The summed E-state index contributed by atoms with van der Waals surface area (Å²) in [5, 5.41) is 2.81. The highest BCUT2D eigenvalue weighted by Gasteiger charge is 2.70. The molecule has 3 aliphatic rings. The largest absolute Gasteiger partial charge is 0.310 e. The Hall–Kier alpha value is -6.96. The molecule has 61 heavy (non-hydrogen) atoms. The van der Waals surface area contributed by atoms with Crippen LogP contribution in [0.25, 0.3) is 66.4 Å². The van der Waals surface area contributed by atoms with Gasteiger partial charge >= 0.3 is 0 Å². The number of benzene rings is 9. The Labute approximate surface area is 359 Å². The standard InChI is InChI=1S/C60H47N/c1-4-14-41(15-5-1)42-26-33-51(34-27-42)61(52-35-28-43(29-36-52)47-30-37-53(44-16-6-2-7-17-44)56(38-47)45-18-8-3-9-19-45)58-25-11-10-22-54(58)55-23-12-20-46-21-13-24-57(59(46)55)60-48-31-32-49(60)40-50(60)39-48/h1-30,33-38,48-50H,31-32,39-40H2. The van der Waals surface area contributed by atoms with Crippen LogP contribution in [0.15, 0.2) is 218 Å². The molecule has 9 aromatic carbocycles. The molecule has 2 atom stereocenters. The van der Waals surface area contributed by atoms with E-state index < -0.39 is 0 Å². The maximum atomic E-state index is 2.50. The molecule has 0 radical (unpaired) electrons. The summed E-state index contributed by atoms with van der Waals surface area (Å²) in [4.78, 5) is 2.47. The van der Waals surface area contributed by atoms with Crippen molar-refractivity contribution in [1.82, 2.24) is 0 Å². The number of hydrogen-bond acceptors (Lipinski definition) is 1. The third-order valence-corrected chi connectivity index (χ3v) is 14.7. The molecule has 2 unspecified atom stereocenters. The maximum absolute atomic E-state index is 2.50. The van der Waals surface area contributed by atoms with Gasteiger partial charge in [0.25, 0.3) is 0 Å². The summed E-state index contributed by atoms with van der Waals surface area (Å²) >= 11 is 0. The summed E-state index contributed by atoms with van der Waals surface area (Å²) in [6.45, 7) is 0. The van der Waals surface area contributed by atoms with Gasteiger partial charge in [-0.2, -0.15) is 0 Å². The van der Waals surface area contributed by atoms with Crippen molar-refractivity contribution in [2.75, 3.05) is 4.90 Å². The van der Waals surface area contributed by atoms with Crippen molar-refractivity contribution in [3.8, 4) is 55.6 Å². The second-order valence-corrected chi connectivity index (χ2v) is 17.6. The van der Waals surface area contributed by atoms with Gasteiger partial charge in [-0.05, 0) is 146 Å². The minimum absolute atomic E-state index is 0.368. The van der Waals surface area contributed by atoms with E-state index in [1.807, 2.05) is 0 Å². The third-order valence-electron chi connectivity index (χ3n) is 14.7. The van der Waals surface area contributed by atoms with Gasteiger partial charge in [0.2, 0.25) is 0 Å². The zero-order valence-electron chi connectivity index (χ0n) is 34.3. The molecular formula is C60H47N. The van der Waals surface area contributed by atoms with Crippen LogP contribution in [0.2, 0.25) is 0 Å². The van der Waals surface area contributed by atoms with Gasteiger partial charge in [-0.15, -0.1) is 0 Å². The molecule has 0 aliphatic heterocycles. The first-order valence-corrected chi connectivity index (χ1v) is 22.2. The van der Waals surface area contributed by atoms with Crippen LogP contribution >= 0.6 is 0 Å². The van der Waals surface area contributed by atoms with Gasteiger partial charge in [-0.3, -0.25) is 0 Å². The van der Waals surface area contributed by atoms with Crippen LogP contribution in [0.4, 0.5) is 17.1 Å². The van der Waals surface area contributed by atoms with Crippen LogP contribution < -0.4 is 4.90 Å². The quantitative estimate of drug-likeness (QED) is 0.141. The van der Waals surface area contributed by atoms with Gasteiger partial charge in [-0.25, -0.2) is 0 Å². The van der Waals surface area contributed by atoms with E-state index in [-0.39, 0.29) is 0 Å². The highest BCUT2D eigenvalue weighted by molar-refractivity contribution is 6.04. The molecule has 3 aliphatic carbocycles. The van der Waals surface area contributed by atoms with Crippen LogP contribution in [0.5, 0.6) is 0 Å². The Morgan fingerprint density at radius 2 is 0.836 bits per heavy atom. The molecule has 9 aromatic rings. The second-order valence-electron chi connectivity index (χ2n) is 17.6. The Kier molecular flexibility index (Phi) is 8.63. The predicted octanol–water partition coefficient (Wildman–Crippen LogP) is 16.3. The van der Waals surface area contributed by atoms with Gasteiger partial charge < -0.3 is 4.90 Å². The summed E-state index contributed by atoms with van der Waals surface area (Å²) in [7, 11) is 0. The van der Waals surface area contributed by atoms with Crippen molar-refractivity contribution in [2.24, 2.45) is 17.8 Å². The third kappa shape index (κ3) is 5.82. The van der Waals surface area contributed by atoms with Crippen LogP contribution in [0.1, 0.15) is 31.2 Å². The lowest BCUT2D eigenvalue weighted by Crippen LogP contribution is -2.61. The Morgan fingerprint density at radius 1 is 0.344 bits per heavy atom. The van der Waals surface area contributed by atoms with Crippen LogP contribution in [-0.2, 0) is 5.41 Å². The molecule has 0 amide bonds. The SMILES string of the molecule is c1ccc(-c2ccc(N(c3ccc(-c4ccc(-c5ccccc5)c(-c5ccccc5)c4)cc3)c3ccccc3-c3cccc4cccc(C56C7CCC5CC6C7)c34)cc2)cc1. The van der Waals surface area contributed by atoms with Crippen molar-refractivity contribution >= 4 is 27.8 Å². The molecule has 0 N–H and O–H groups in total. The van der Waals surface area contributed by atoms with E-state index in [9.17, 15) is 0 Å². The summed E-state index contributed by atoms with van der Waals surface area (Å²) in [5.74, 6) is 2.51. The highest BCUT2D eigenvalue weighted by atomic mass is 15.1. The lowest BCUT2D eigenvalue weighted by Gasteiger charge is -2.65. The Morgan fingerprint density at radius 3 is 1.46 bits per heavy atom. The molecular weight excluding hydrogens is 735 g/mol. The number of anilines is 3. The maximum Gasteiger partial charge on any atom is 0.0540 e. The summed E-state index contributed by atoms with van der Waals surface area (Å²) in [5.41, 5.74) is 17.8. The molecule has 0 spiro atoms. The van der Waals surface area contributed by atoms with Crippen molar-refractivity contribution in [2.45, 2.75) is 31.1 Å². The summed E-state index contributed by atoms with van der Waals surface area (Å²) in [6.07, 6.45) is 5.62. The van der Waals surface area contributed by atoms with E-state index in [2.05, 4.69) is 223 Å². The van der Waals surface area contributed by atoms with E-state index in [0.29, 0.717) is 5.41 Å². The molecule has 292 valence electrons. The number of nitrogens with zero attached hydrogens (tertiary/aromatic N) is 1. The van der Waals surface area contributed by atoms with Crippen LogP contribution in [-0.4, -0.2) is 0 Å². The molecule has 0 bridgehead atoms. The molecule has 12 rings (SSSR count). The van der Waals surface area contributed by atoms with E-state index in [1.54, 1.807) is 5.56 Å². The minimum atomic E-state index is 0.368. The number of para-hydroxylation sites is 1. The lowest BCUT2D eigenvalue weighted by molar-refractivity contribution is -0.0824. The van der Waals surface area contributed by atoms with Gasteiger partial charge in [0.05, 0.1) is 5.69 Å². The number of fused-ring (bicyclic) bond motifs is 1. The molecule has 1 heteroatoms. The summed E-state index contributed by atoms with van der Waals surface area (Å²) < 4.78 is 0. The van der Waals surface area contributed by atoms with E-state index in [0.717, 1.165) is 29.1 Å². The smallest absolute Gasteiger partial charge is 0.0540 e. The fourth-order valence-corrected chi connectivity index (χ4v) is 12.0. The van der Waals surface area contributed by atoms with Gasteiger partial charge in [0, 0.05) is 22.4 Å². The molecule has 0 heterocycles. The van der Waals surface area contributed by atoms with Crippen molar-refractivity contribution < 1.29 is 0 Å². The van der Waals surface area contributed by atoms with E-state index >= 15 is 0 Å². The Balaban J connectivity index is 0.994. The average molecular weight is 782 g/mol. The fraction of sp³-hybridized carbons (Fsp3) is 0.133. The fourth-order valence-electron chi connectivity index (χ4n) is 12.0. The number of rotatable bonds is 9. The monoisotopic (exact) mass is 781 g/mol. The first-order valence-electron chi connectivity index (χ1n) is 22.2. The molecule has 3 saturated carbocycles. The molecule has 3 fully saturated rings. The topological polar surface area (TPSA) is 3.24 Å². The minimum Gasteiger partial charge on any atom is -0.310 e. The zero-order chi connectivity index (χ0) is 40.3. The predicted molar refractivity (Wildman–Crippen MR) is 256 cm³/mol. The molecule has 1 nitrogen and oxygen atoms in total. The van der Waals surface area contributed by atoms with Crippen LogP contribution in [0.3, 0.4) is 0 Å². The van der Waals surface area contributed by atoms with Crippen LogP contribution in [0, 0.1) is 17.8 Å². The van der Waals surface area contributed by atoms with Crippen molar-refractivity contribution in [3.05, 3.63) is 224 Å². The van der Waals surface area contributed by atoms with E-state index in [4.69, 9.17) is 0 Å². The van der Waals surface area contributed by atoms with E-state index in [1.165, 1.54) is 97.8 Å². The van der Waals surface area contributed by atoms with Gasteiger partial charge in [0.1, 0.15) is 0 Å². The molecule has 0 saturated heterocycles. The summed E-state index contributed by atoms with van der Waals surface area (Å²) in [6, 6.07) is 80.7. The Bertz CT molecular complexity index is 3000. The van der Waals surface area contributed by atoms with Crippen molar-refractivity contribution in [1.29, 1.82) is 0 Å². The number of hydrogen-bond donors (Lipinski definition) is 0. The lowest BCUT2D eigenvalue weighted by atomic mass is 9.38. The van der Waals surface area contributed by atoms with Gasteiger partial charge in [0.15, 0.2) is 0 Å². The first kappa shape index (κ1) is 35.9. The normalized spacial score (nSPS) is 19.8. The molecule has 0 aromatic heterocycles.